The fraction of sp³-hybridized carbons (Fsp3) is 0.312. The van der Waals surface area contributed by atoms with Crippen LogP contribution in [0.3, 0.4) is 0 Å². The highest BCUT2D eigenvalue weighted by atomic mass is 32.1. The molecular formula is C16H18N6OS. The Hall–Kier alpha value is -2.61. The van der Waals surface area contributed by atoms with E-state index in [0.717, 1.165) is 17.8 Å². The maximum Gasteiger partial charge on any atom is 0.259 e. The van der Waals surface area contributed by atoms with Crippen molar-refractivity contribution in [2.24, 2.45) is 0 Å². The van der Waals surface area contributed by atoms with Crippen molar-refractivity contribution in [1.82, 2.24) is 25.0 Å². The Labute approximate surface area is 143 Å². The molecule has 0 aliphatic heterocycles. The zero-order chi connectivity index (χ0) is 16.9. The fourth-order valence-electron chi connectivity index (χ4n) is 2.40. The van der Waals surface area contributed by atoms with Crippen molar-refractivity contribution in [3.8, 4) is 5.69 Å². The number of nitrogens with zero attached hydrogens (tertiary/aromatic N) is 5. The minimum atomic E-state index is -0.244. The van der Waals surface area contributed by atoms with E-state index in [-0.39, 0.29) is 5.91 Å². The molecule has 7 nitrogen and oxygen atoms in total. The monoisotopic (exact) mass is 342 g/mol. The number of hydrogen-bond donors (Lipinski definition) is 1. The van der Waals surface area contributed by atoms with E-state index in [1.165, 1.54) is 17.7 Å². The average molecular weight is 342 g/mol. The van der Waals surface area contributed by atoms with Gasteiger partial charge in [0.05, 0.1) is 11.3 Å². The van der Waals surface area contributed by atoms with Gasteiger partial charge < -0.3 is 0 Å². The summed E-state index contributed by atoms with van der Waals surface area (Å²) in [5.74, 6) is 0.104. The van der Waals surface area contributed by atoms with Gasteiger partial charge >= 0.3 is 0 Å². The lowest BCUT2D eigenvalue weighted by Crippen LogP contribution is -2.15. The molecule has 0 saturated carbocycles. The second-order valence-electron chi connectivity index (χ2n) is 5.45. The first-order valence-corrected chi connectivity index (χ1v) is 8.59. The minimum Gasteiger partial charge on any atom is -0.296 e. The number of para-hydroxylation sites is 1. The van der Waals surface area contributed by atoms with Crippen LogP contribution in [0, 0.1) is 0 Å². The zero-order valence-electron chi connectivity index (χ0n) is 13.5. The molecule has 0 radical (unpaired) electrons. The van der Waals surface area contributed by atoms with Gasteiger partial charge in [-0.25, -0.2) is 9.67 Å². The molecule has 3 aromatic rings. The first-order valence-electron chi connectivity index (χ1n) is 7.77. The number of carbonyl (C=O) groups excluding carboxylic acids is 1. The molecule has 0 fully saturated rings. The summed E-state index contributed by atoms with van der Waals surface area (Å²) in [6.45, 7) is 4.26. The molecule has 0 bridgehead atoms. The Morgan fingerprint density at radius 3 is 2.92 bits per heavy atom. The van der Waals surface area contributed by atoms with Gasteiger partial charge in [-0.1, -0.05) is 43.7 Å². The third-order valence-electron chi connectivity index (χ3n) is 3.62. The highest BCUT2D eigenvalue weighted by Gasteiger charge is 2.16. The van der Waals surface area contributed by atoms with Crippen LogP contribution in [0.4, 0.5) is 5.13 Å². The van der Waals surface area contributed by atoms with Gasteiger partial charge in [-0.15, -0.1) is 10.2 Å². The molecular weight excluding hydrogens is 324 g/mol. The standard InChI is InChI=1S/C16H18N6OS/c1-3-6-11(2)15-20-21-16(24-15)19-14(23)12-7-4-5-8-13(12)22-10-17-9-18-22/h4-5,7-11H,3,6H2,1-2H3,(H,19,21,23)/t11-/m1/s1. The molecule has 0 unspecified atom stereocenters. The third kappa shape index (κ3) is 3.48. The number of nitrogens with one attached hydrogen (secondary N) is 1. The van der Waals surface area contributed by atoms with Crippen LogP contribution < -0.4 is 5.32 Å². The molecule has 2 aromatic heterocycles. The molecule has 0 spiro atoms. The van der Waals surface area contributed by atoms with Crippen molar-refractivity contribution < 1.29 is 4.79 Å². The van der Waals surface area contributed by atoms with Crippen molar-refractivity contribution >= 4 is 22.4 Å². The fourth-order valence-corrected chi connectivity index (χ4v) is 3.23. The normalized spacial score (nSPS) is 12.1. The first-order chi connectivity index (χ1) is 11.7. The van der Waals surface area contributed by atoms with E-state index in [1.54, 1.807) is 17.1 Å². The lowest BCUT2D eigenvalue weighted by atomic mass is 10.1. The molecule has 0 aliphatic rings. The average Bonchev–Trinajstić information content (AvgIpc) is 3.27. The second kappa shape index (κ2) is 7.31. The summed E-state index contributed by atoms with van der Waals surface area (Å²) < 4.78 is 1.56. The molecule has 2 heterocycles. The van der Waals surface area contributed by atoms with E-state index in [9.17, 15) is 4.79 Å². The molecule has 1 aromatic carbocycles. The van der Waals surface area contributed by atoms with Crippen molar-refractivity contribution in [2.75, 3.05) is 5.32 Å². The summed E-state index contributed by atoms with van der Waals surface area (Å²) in [6.07, 6.45) is 5.13. The summed E-state index contributed by atoms with van der Waals surface area (Å²) in [5, 5.41) is 16.6. The summed E-state index contributed by atoms with van der Waals surface area (Å²) >= 11 is 1.42. The van der Waals surface area contributed by atoms with Crippen LogP contribution in [0.1, 0.15) is 48.0 Å². The predicted octanol–water partition coefficient (Wildman–Crippen LogP) is 3.27. The highest BCUT2D eigenvalue weighted by Crippen LogP contribution is 2.26. The maximum absolute atomic E-state index is 12.6. The van der Waals surface area contributed by atoms with Gasteiger partial charge in [0.1, 0.15) is 17.7 Å². The predicted molar refractivity (Wildman–Crippen MR) is 92.5 cm³/mol. The van der Waals surface area contributed by atoms with Crippen LogP contribution in [0.5, 0.6) is 0 Å². The summed E-state index contributed by atoms with van der Waals surface area (Å²) in [4.78, 5) is 16.5. The van der Waals surface area contributed by atoms with Crippen molar-refractivity contribution in [2.45, 2.75) is 32.6 Å². The zero-order valence-corrected chi connectivity index (χ0v) is 14.3. The molecule has 1 atom stereocenters. The number of amides is 1. The molecule has 24 heavy (non-hydrogen) atoms. The number of benzene rings is 1. The maximum atomic E-state index is 12.6. The lowest BCUT2D eigenvalue weighted by molar-refractivity contribution is 0.102. The Kier molecular flexibility index (Phi) is 4.95. The van der Waals surface area contributed by atoms with E-state index >= 15 is 0 Å². The van der Waals surface area contributed by atoms with Crippen molar-refractivity contribution in [3.63, 3.8) is 0 Å². The van der Waals surface area contributed by atoms with E-state index < -0.39 is 0 Å². The topological polar surface area (TPSA) is 85.6 Å². The number of hydrogen-bond acceptors (Lipinski definition) is 6. The molecule has 0 saturated heterocycles. The Morgan fingerprint density at radius 1 is 1.33 bits per heavy atom. The molecule has 8 heteroatoms. The van der Waals surface area contributed by atoms with Crippen LogP contribution in [0.25, 0.3) is 5.69 Å². The van der Waals surface area contributed by atoms with E-state index in [1.807, 2.05) is 18.2 Å². The third-order valence-corrected chi connectivity index (χ3v) is 4.69. The van der Waals surface area contributed by atoms with Crippen LogP contribution in [-0.2, 0) is 0 Å². The van der Waals surface area contributed by atoms with E-state index in [2.05, 4.69) is 39.4 Å². The molecule has 1 N–H and O–H groups in total. The highest BCUT2D eigenvalue weighted by molar-refractivity contribution is 7.15. The Morgan fingerprint density at radius 2 is 2.17 bits per heavy atom. The van der Waals surface area contributed by atoms with Gasteiger partial charge in [-0.2, -0.15) is 5.10 Å². The molecule has 3 rings (SSSR count). The Balaban J connectivity index is 1.79. The largest absolute Gasteiger partial charge is 0.296 e. The molecule has 1 amide bonds. The van der Waals surface area contributed by atoms with Gasteiger partial charge in [-0.05, 0) is 18.6 Å². The van der Waals surface area contributed by atoms with Crippen molar-refractivity contribution in [1.29, 1.82) is 0 Å². The van der Waals surface area contributed by atoms with Crippen LogP contribution in [0.2, 0.25) is 0 Å². The van der Waals surface area contributed by atoms with E-state index in [0.29, 0.717) is 22.3 Å². The van der Waals surface area contributed by atoms with Crippen LogP contribution in [0.15, 0.2) is 36.9 Å². The quantitative estimate of drug-likeness (QED) is 0.743. The second-order valence-corrected chi connectivity index (χ2v) is 6.46. The van der Waals surface area contributed by atoms with Crippen molar-refractivity contribution in [3.05, 3.63) is 47.5 Å². The van der Waals surface area contributed by atoms with Crippen LogP contribution >= 0.6 is 11.3 Å². The van der Waals surface area contributed by atoms with Gasteiger partial charge in [0, 0.05) is 5.92 Å². The smallest absolute Gasteiger partial charge is 0.259 e. The number of carbonyl (C=O) groups is 1. The summed E-state index contributed by atoms with van der Waals surface area (Å²) in [5.41, 5.74) is 1.16. The molecule has 0 aliphatic carbocycles. The minimum absolute atomic E-state index is 0.244. The summed E-state index contributed by atoms with van der Waals surface area (Å²) in [6, 6.07) is 7.22. The number of aromatic nitrogens is 5. The number of anilines is 1. The van der Waals surface area contributed by atoms with E-state index in [4.69, 9.17) is 0 Å². The lowest BCUT2D eigenvalue weighted by Gasteiger charge is -2.08. The summed E-state index contributed by atoms with van der Waals surface area (Å²) in [7, 11) is 0. The molecule has 124 valence electrons. The van der Waals surface area contributed by atoms with Gasteiger partial charge in [0.2, 0.25) is 5.13 Å². The van der Waals surface area contributed by atoms with Gasteiger partial charge in [0.25, 0.3) is 5.91 Å². The number of rotatable bonds is 6. The first kappa shape index (κ1) is 16.3. The Bertz CT molecular complexity index is 814. The van der Waals surface area contributed by atoms with Gasteiger partial charge in [0.15, 0.2) is 0 Å². The van der Waals surface area contributed by atoms with Gasteiger partial charge in [-0.3, -0.25) is 10.1 Å². The SMILES string of the molecule is CCC[C@@H](C)c1nnc(NC(=O)c2ccccc2-n2cncn2)s1. The van der Waals surface area contributed by atoms with Crippen LogP contribution in [-0.4, -0.2) is 30.9 Å².